The second-order valence-corrected chi connectivity index (χ2v) is 6.24. The van der Waals surface area contributed by atoms with Gasteiger partial charge in [0.2, 0.25) is 10.0 Å². The van der Waals surface area contributed by atoms with Crippen molar-refractivity contribution in [1.29, 1.82) is 0 Å². The molecule has 1 heterocycles. The van der Waals surface area contributed by atoms with Crippen LogP contribution < -0.4 is 14.8 Å². The van der Waals surface area contributed by atoms with Crippen LogP contribution in [-0.2, 0) is 16.4 Å². The van der Waals surface area contributed by atoms with Crippen LogP contribution in [0.25, 0.3) is 0 Å². The molecule has 0 fully saturated rings. The molecule has 0 radical (unpaired) electrons. The van der Waals surface area contributed by atoms with Crippen molar-refractivity contribution in [3.8, 4) is 5.75 Å². The van der Waals surface area contributed by atoms with E-state index in [9.17, 15) is 8.42 Å². The molecule has 1 aliphatic rings. The fourth-order valence-electron chi connectivity index (χ4n) is 2.04. The average molecular weight is 321 g/mol. The van der Waals surface area contributed by atoms with E-state index in [1.54, 1.807) is 18.2 Å². The fourth-order valence-corrected chi connectivity index (χ4v) is 3.12. The Morgan fingerprint density at radius 1 is 1.30 bits per heavy atom. The van der Waals surface area contributed by atoms with Gasteiger partial charge in [-0.05, 0) is 43.1 Å². The Bertz CT molecular complexity index is 534. The number of aryl methyl sites for hydroxylation is 1. The first-order valence-corrected chi connectivity index (χ1v) is 8.08. The molecule has 1 aliphatic heterocycles. The monoisotopic (exact) mass is 320 g/mol. The minimum absolute atomic E-state index is 0. The van der Waals surface area contributed by atoms with Gasteiger partial charge in [0.25, 0.3) is 0 Å². The molecule has 0 bridgehead atoms. The van der Waals surface area contributed by atoms with Gasteiger partial charge < -0.3 is 10.1 Å². The van der Waals surface area contributed by atoms with Gasteiger partial charge in [-0.25, -0.2) is 13.1 Å². The average Bonchev–Trinajstić information content (AvgIpc) is 2.43. The number of nitrogens with one attached hydrogen (secondary N) is 2. The molecular weight excluding hydrogens is 300 g/mol. The second kappa shape index (κ2) is 7.83. The lowest BCUT2D eigenvalue weighted by Gasteiger charge is -2.18. The van der Waals surface area contributed by atoms with Crippen molar-refractivity contribution in [2.45, 2.75) is 24.7 Å². The van der Waals surface area contributed by atoms with Gasteiger partial charge in [0.15, 0.2) is 0 Å². The van der Waals surface area contributed by atoms with Crippen LogP contribution in [0.3, 0.4) is 0 Å². The number of hydrogen-bond donors (Lipinski definition) is 2. The summed E-state index contributed by atoms with van der Waals surface area (Å²) in [6.45, 7) is 4.55. The van der Waals surface area contributed by atoms with Crippen LogP contribution in [0.4, 0.5) is 0 Å². The Kier molecular flexibility index (Phi) is 6.75. The number of rotatable bonds is 6. The molecule has 0 aliphatic carbocycles. The largest absolute Gasteiger partial charge is 0.493 e. The number of likely N-dealkylation sites (N-methyl/N-ethyl adjacent to an activating group) is 1. The topological polar surface area (TPSA) is 67.4 Å². The molecule has 0 saturated heterocycles. The lowest BCUT2D eigenvalue weighted by atomic mass is 10.1. The van der Waals surface area contributed by atoms with E-state index in [2.05, 4.69) is 10.0 Å². The molecule has 1 aromatic carbocycles. The molecular formula is C13H21ClN2O3S. The number of ether oxygens (including phenoxy) is 1. The van der Waals surface area contributed by atoms with Crippen LogP contribution >= 0.6 is 12.4 Å². The quantitative estimate of drug-likeness (QED) is 0.776. The van der Waals surface area contributed by atoms with Crippen molar-refractivity contribution in [3.05, 3.63) is 23.8 Å². The molecule has 2 rings (SSSR count). The summed E-state index contributed by atoms with van der Waals surface area (Å²) in [6.07, 6.45) is 1.81. The van der Waals surface area contributed by atoms with Gasteiger partial charge in [-0.3, -0.25) is 0 Å². The van der Waals surface area contributed by atoms with Crippen molar-refractivity contribution < 1.29 is 13.2 Å². The van der Waals surface area contributed by atoms with Gasteiger partial charge in [0, 0.05) is 13.1 Å². The molecule has 0 saturated carbocycles. The molecule has 20 heavy (non-hydrogen) atoms. The number of benzene rings is 1. The highest BCUT2D eigenvalue weighted by Gasteiger charge is 2.17. The van der Waals surface area contributed by atoms with Crippen LogP contribution in [0.5, 0.6) is 5.75 Å². The molecule has 5 nitrogen and oxygen atoms in total. The normalized spacial score (nSPS) is 14.1. The van der Waals surface area contributed by atoms with Crippen LogP contribution in [0.2, 0.25) is 0 Å². The van der Waals surface area contributed by atoms with E-state index < -0.39 is 10.0 Å². The van der Waals surface area contributed by atoms with Crippen molar-refractivity contribution in [1.82, 2.24) is 10.0 Å². The summed E-state index contributed by atoms with van der Waals surface area (Å²) >= 11 is 0. The summed E-state index contributed by atoms with van der Waals surface area (Å²) in [4.78, 5) is 0.313. The first-order valence-electron chi connectivity index (χ1n) is 6.59. The summed E-state index contributed by atoms with van der Waals surface area (Å²) in [5, 5.41) is 3.08. The third kappa shape index (κ3) is 4.34. The van der Waals surface area contributed by atoms with Gasteiger partial charge in [-0.1, -0.05) is 6.92 Å². The summed E-state index contributed by atoms with van der Waals surface area (Å²) in [5.74, 6) is 0.804. The van der Waals surface area contributed by atoms with Gasteiger partial charge >= 0.3 is 0 Å². The maximum atomic E-state index is 12.1. The van der Waals surface area contributed by atoms with Crippen LogP contribution in [-0.4, -0.2) is 34.7 Å². The van der Waals surface area contributed by atoms with Gasteiger partial charge in [0.1, 0.15) is 5.75 Å². The van der Waals surface area contributed by atoms with E-state index in [1.165, 1.54) is 0 Å². The Morgan fingerprint density at radius 2 is 2.10 bits per heavy atom. The maximum Gasteiger partial charge on any atom is 0.240 e. The Balaban J connectivity index is 0.00000200. The van der Waals surface area contributed by atoms with Crippen molar-refractivity contribution in [2.75, 3.05) is 26.2 Å². The third-order valence-electron chi connectivity index (χ3n) is 3.03. The zero-order valence-corrected chi connectivity index (χ0v) is 13.1. The molecule has 1 aromatic rings. The highest BCUT2D eigenvalue weighted by Crippen LogP contribution is 2.27. The van der Waals surface area contributed by atoms with Gasteiger partial charge in [0.05, 0.1) is 11.5 Å². The minimum atomic E-state index is -3.42. The van der Waals surface area contributed by atoms with E-state index in [-0.39, 0.29) is 12.4 Å². The zero-order valence-electron chi connectivity index (χ0n) is 11.5. The number of sulfonamides is 1. The van der Waals surface area contributed by atoms with Crippen molar-refractivity contribution in [3.63, 3.8) is 0 Å². The van der Waals surface area contributed by atoms with E-state index in [4.69, 9.17) is 4.74 Å². The number of fused-ring (bicyclic) bond motifs is 1. The lowest BCUT2D eigenvalue weighted by molar-refractivity contribution is 0.288. The molecule has 0 unspecified atom stereocenters. The van der Waals surface area contributed by atoms with E-state index in [0.717, 1.165) is 30.7 Å². The molecule has 0 aromatic heterocycles. The first-order chi connectivity index (χ1) is 9.13. The summed E-state index contributed by atoms with van der Waals surface area (Å²) in [6, 6.07) is 5.05. The number of halogens is 1. The molecule has 0 spiro atoms. The van der Waals surface area contributed by atoms with Crippen LogP contribution in [0.15, 0.2) is 23.1 Å². The van der Waals surface area contributed by atoms with Gasteiger partial charge in [-0.2, -0.15) is 0 Å². The Morgan fingerprint density at radius 3 is 2.85 bits per heavy atom. The highest BCUT2D eigenvalue weighted by atomic mass is 35.5. The van der Waals surface area contributed by atoms with Gasteiger partial charge in [-0.15, -0.1) is 12.4 Å². The molecule has 2 N–H and O–H groups in total. The summed E-state index contributed by atoms with van der Waals surface area (Å²) in [7, 11) is -3.42. The van der Waals surface area contributed by atoms with E-state index in [1.807, 2.05) is 6.92 Å². The molecule has 114 valence electrons. The SMILES string of the molecule is CCNCCNS(=O)(=O)c1ccc2c(c1)CCCO2.Cl. The second-order valence-electron chi connectivity index (χ2n) is 4.47. The predicted molar refractivity (Wildman–Crippen MR) is 81.2 cm³/mol. The van der Waals surface area contributed by atoms with E-state index in [0.29, 0.717) is 24.6 Å². The Hall–Kier alpha value is -0.820. The molecule has 0 atom stereocenters. The van der Waals surface area contributed by atoms with E-state index >= 15 is 0 Å². The first kappa shape index (κ1) is 17.2. The minimum Gasteiger partial charge on any atom is -0.493 e. The lowest BCUT2D eigenvalue weighted by Crippen LogP contribution is -2.31. The van der Waals surface area contributed by atoms with Crippen LogP contribution in [0.1, 0.15) is 18.9 Å². The Labute approximate surface area is 126 Å². The molecule has 0 amide bonds. The third-order valence-corrected chi connectivity index (χ3v) is 4.49. The smallest absolute Gasteiger partial charge is 0.240 e. The van der Waals surface area contributed by atoms with Crippen molar-refractivity contribution >= 4 is 22.4 Å². The van der Waals surface area contributed by atoms with Crippen LogP contribution in [0, 0.1) is 0 Å². The molecule has 7 heteroatoms. The zero-order chi connectivity index (χ0) is 13.7. The van der Waals surface area contributed by atoms with Crippen molar-refractivity contribution in [2.24, 2.45) is 0 Å². The highest BCUT2D eigenvalue weighted by molar-refractivity contribution is 7.89. The fraction of sp³-hybridized carbons (Fsp3) is 0.538. The summed E-state index contributed by atoms with van der Waals surface area (Å²) < 4.78 is 32.3. The maximum absolute atomic E-state index is 12.1. The standard InChI is InChI=1S/C13H20N2O3S.ClH/c1-2-14-7-8-15-19(16,17)12-5-6-13-11(10-12)4-3-9-18-13;/h5-6,10,14-15H,2-4,7-9H2,1H3;1H. The number of hydrogen-bond acceptors (Lipinski definition) is 4. The predicted octanol–water partition coefficient (Wildman–Crippen LogP) is 1.32. The summed E-state index contributed by atoms with van der Waals surface area (Å²) in [5.41, 5.74) is 0.973.